The molecule has 1 fully saturated rings. The van der Waals surface area contributed by atoms with E-state index >= 15 is 0 Å². The zero-order valence-electron chi connectivity index (χ0n) is 9.95. The van der Waals surface area contributed by atoms with Gasteiger partial charge in [0, 0.05) is 31.7 Å². The normalized spacial score (nSPS) is 23.9. The highest BCUT2D eigenvalue weighted by atomic mass is 16.5. The van der Waals surface area contributed by atoms with Crippen LogP contribution in [0, 0.1) is 0 Å². The van der Waals surface area contributed by atoms with Crippen LogP contribution in [-0.4, -0.2) is 25.3 Å². The molecule has 0 aromatic carbocycles. The van der Waals surface area contributed by atoms with Crippen LogP contribution in [0.25, 0.3) is 0 Å². The molecule has 0 aliphatic carbocycles. The van der Waals surface area contributed by atoms with E-state index in [9.17, 15) is 0 Å². The van der Waals surface area contributed by atoms with Gasteiger partial charge in [0.2, 0.25) is 0 Å². The minimum Gasteiger partial charge on any atom is -0.469 e. The molecular weight excluding hydrogens is 202 g/mol. The van der Waals surface area contributed by atoms with Gasteiger partial charge in [0.1, 0.15) is 5.76 Å². The van der Waals surface area contributed by atoms with Gasteiger partial charge in [0.15, 0.2) is 0 Å². The van der Waals surface area contributed by atoms with Crippen LogP contribution in [0.4, 0.5) is 0 Å². The number of rotatable bonds is 4. The van der Waals surface area contributed by atoms with Crippen LogP contribution in [0.5, 0.6) is 0 Å². The van der Waals surface area contributed by atoms with Gasteiger partial charge in [-0.2, -0.15) is 0 Å². The van der Waals surface area contributed by atoms with Crippen molar-refractivity contribution in [3.05, 3.63) is 24.2 Å². The highest BCUT2D eigenvalue weighted by Gasteiger charge is 2.15. The Morgan fingerprint density at radius 3 is 3.19 bits per heavy atom. The second kappa shape index (κ2) is 6.06. The molecular formula is C13H21NO2. The van der Waals surface area contributed by atoms with E-state index in [0.29, 0.717) is 12.1 Å². The molecule has 0 amide bonds. The van der Waals surface area contributed by atoms with E-state index in [2.05, 4.69) is 12.2 Å². The predicted molar refractivity (Wildman–Crippen MR) is 63.5 cm³/mol. The molecule has 0 bridgehead atoms. The first-order valence-corrected chi connectivity index (χ1v) is 6.21. The van der Waals surface area contributed by atoms with E-state index in [-0.39, 0.29) is 0 Å². The van der Waals surface area contributed by atoms with Crippen molar-refractivity contribution in [1.29, 1.82) is 0 Å². The molecule has 1 aliphatic rings. The number of hydrogen-bond acceptors (Lipinski definition) is 3. The first kappa shape index (κ1) is 11.7. The van der Waals surface area contributed by atoms with Crippen LogP contribution >= 0.6 is 0 Å². The zero-order chi connectivity index (χ0) is 11.2. The summed E-state index contributed by atoms with van der Waals surface area (Å²) in [5.41, 5.74) is 0. The van der Waals surface area contributed by atoms with Gasteiger partial charge < -0.3 is 14.5 Å². The van der Waals surface area contributed by atoms with Gasteiger partial charge in [-0.25, -0.2) is 0 Å². The average Bonchev–Trinajstić information content (AvgIpc) is 2.62. The van der Waals surface area contributed by atoms with Crippen LogP contribution in [-0.2, 0) is 11.2 Å². The van der Waals surface area contributed by atoms with Crippen LogP contribution in [0.1, 0.15) is 31.9 Å². The summed E-state index contributed by atoms with van der Waals surface area (Å²) in [6, 6.07) is 5.05. The minimum absolute atomic E-state index is 0.467. The molecule has 0 spiro atoms. The van der Waals surface area contributed by atoms with Crippen molar-refractivity contribution in [2.24, 2.45) is 0 Å². The summed E-state index contributed by atoms with van der Waals surface area (Å²) in [6.07, 6.45) is 6.22. The Labute approximate surface area is 97.2 Å². The monoisotopic (exact) mass is 223 g/mol. The molecule has 1 N–H and O–H groups in total. The second-order valence-electron chi connectivity index (χ2n) is 4.59. The van der Waals surface area contributed by atoms with Crippen molar-refractivity contribution < 1.29 is 9.15 Å². The molecule has 90 valence electrons. The Morgan fingerprint density at radius 1 is 1.44 bits per heavy atom. The summed E-state index contributed by atoms with van der Waals surface area (Å²) in [5, 5.41) is 3.66. The molecule has 3 nitrogen and oxygen atoms in total. The number of nitrogens with one attached hydrogen (secondary N) is 1. The Bertz CT molecular complexity index is 276. The van der Waals surface area contributed by atoms with E-state index in [1.165, 1.54) is 12.8 Å². The van der Waals surface area contributed by atoms with Crippen LogP contribution < -0.4 is 5.32 Å². The zero-order valence-corrected chi connectivity index (χ0v) is 9.95. The fraction of sp³-hybridized carbons (Fsp3) is 0.692. The van der Waals surface area contributed by atoms with Gasteiger partial charge in [-0.15, -0.1) is 0 Å². The Morgan fingerprint density at radius 2 is 2.38 bits per heavy atom. The molecule has 0 radical (unpaired) electrons. The summed E-state index contributed by atoms with van der Waals surface area (Å²) in [4.78, 5) is 0. The van der Waals surface area contributed by atoms with Crippen molar-refractivity contribution in [1.82, 2.24) is 5.32 Å². The lowest BCUT2D eigenvalue weighted by Crippen LogP contribution is -2.37. The molecule has 2 atom stereocenters. The van der Waals surface area contributed by atoms with Crippen molar-refractivity contribution in [2.45, 2.75) is 44.7 Å². The smallest absolute Gasteiger partial charge is 0.105 e. The van der Waals surface area contributed by atoms with Gasteiger partial charge in [0.25, 0.3) is 0 Å². The predicted octanol–water partition coefficient (Wildman–Crippen LogP) is 2.37. The average molecular weight is 223 g/mol. The molecule has 2 heterocycles. The largest absolute Gasteiger partial charge is 0.469 e. The maximum absolute atomic E-state index is 5.45. The van der Waals surface area contributed by atoms with Crippen LogP contribution in [0.3, 0.4) is 0 Å². The van der Waals surface area contributed by atoms with Crippen LogP contribution in [0.15, 0.2) is 22.8 Å². The molecule has 3 heteroatoms. The SMILES string of the molecule is CC(Cc1ccco1)NC1CCCOCC1. The topological polar surface area (TPSA) is 34.4 Å². The van der Waals surface area contributed by atoms with E-state index in [1.807, 2.05) is 12.1 Å². The molecule has 1 aromatic rings. The van der Waals surface area contributed by atoms with Gasteiger partial charge in [-0.05, 0) is 38.3 Å². The Balaban J connectivity index is 1.75. The first-order chi connectivity index (χ1) is 7.84. The third-order valence-electron chi connectivity index (χ3n) is 3.06. The quantitative estimate of drug-likeness (QED) is 0.851. The van der Waals surface area contributed by atoms with Gasteiger partial charge in [-0.1, -0.05) is 0 Å². The van der Waals surface area contributed by atoms with Gasteiger partial charge in [0.05, 0.1) is 6.26 Å². The van der Waals surface area contributed by atoms with E-state index < -0.39 is 0 Å². The lowest BCUT2D eigenvalue weighted by molar-refractivity contribution is 0.142. The molecule has 2 unspecified atom stereocenters. The lowest BCUT2D eigenvalue weighted by atomic mass is 10.1. The maximum Gasteiger partial charge on any atom is 0.105 e. The van der Waals surface area contributed by atoms with Crippen LogP contribution in [0.2, 0.25) is 0 Å². The summed E-state index contributed by atoms with van der Waals surface area (Å²) >= 11 is 0. The minimum atomic E-state index is 0.467. The molecule has 1 aromatic heterocycles. The molecule has 16 heavy (non-hydrogen) atoms. The van der Waals surface area contributed by atoms with E-state index in [4.69, 9.17) is 9.15 Å². The van der Waals surface area contributed by atoms with Crippen molar-refractivity contribution >= 4 is 0 Å². The van der Waals surface area contributed by atoms with Crippen molar-refractivity contribution in [2.75, 3.05) is 13.2 Å². The number of furan rings is 1. The summed E-state index contributed by atoms with van der Waals surface area (Å²) in [6.45, 7) is 4.03. The summed E-state index contributed by atoms with van der Waals surface area (Å²) in [7, 11) is 0. The van der Waals surface area contributed by atoms with Gasteiger partial charge >= 0.3 is 0 Å². The third kappa shape index (κ3) is 3.65. The lowest BCUT2D eigenvalue weighted by Gasteiger charge is -2.20. The van der Waals surface area contributed by atoms with E-state index in [1.54, 1.807) is 6.26 Å². The molecule has 0 saturated carbocycles. The highest BCUT2D eigenvalue weighted by molar-refractivity contribution is 5.00. The van der Waals surface area contributed by atoms with Crippen molar-refractivity contribution in [3.63, 3.8) is 0 Å². The second-order valence-corrected chi connectivity index (χ2v) is 4.59. The summed E-state index contributed by atoms with van der Waals surface area (Å²) in [5.74, 6) is 1.06. The summed E-state index contributed by atoms with van der Waals surface area (Å²) < 4.78 is 10.8. The number of hydrogen-bond donors (Lipinski definition) is 1. The fourth-order valence-corrected chi connectivity index (χ4v) is 2.26. The standard InChI is InChI=1S/C13H21NO2/c1-11(10-13-5-3-8-16-13)14-12-4-2-7-15-9-6-12/h3,5,8,11-12,14H,2,4,6-7,9-10H2,1H3. The first-order valence-electron chi connectivity index (χ1n) is 6.21. The fourth-order valence-electron chi connectivity index (χ4n) is 2.26. The van der Waals surface area contributed by atoms with Gasteiger partial charge in [-0.3, -0.25) is 0 Å². The molecule has 1 saturated heterocycles. The Kier molecular flexibility index (Phi) is 4.43. The third-order valence-corrected chi connectivity index (χ3v) is 3.06. The van der Waals surface area contributed by atoms with Crippen molar-refractivity contribution in [3.8, 4) is 0 Å². The molecule has 1 aliphatic heterocycles. The number of ether oxygens (including phenoxy) is 1. The Hall–Kier alpha value is -0.800. The highest BCUT2D eigenvalue weighted by Crippen LogP contribution is 2.11. The molecule has 2 rings (SSSR count). The van der Waals surface area contributed by atoms with E-state index in [0.717, 1.165) is 31.8 Å². The maximum atomic E-state index is 5.45.